The summed E-state index contributed by atoms with van der Waals surface area (Å²) in [4.78, 5) is 79.5. The van der Waals surface area contributed by atoms with Gasteiger partial charge >= 0.3 is 6.03 Å². The van der Waals surface area contributed by atoms with E-state index in [1.54, 1.807) is 42.4 Å². The summed E-state index contributed by atoms with van der Waals surface area (Å²) in [5.74, 6) is 6.23. The molecule has 3 fully saturated rings. The molecule has 2 saturated heterocycles. The number of rotatable bonds is 11. The van der Waals surface area contributed by atoms with Crippen LogP contribution in [0.15, 0.2) is 67.0 Å². The summed E-state index contributed by atoms with van der Waals surface area (Å²) in [7, 11) is 1.57. The number of urea groups is 1. The lowest BCUT2D eigenvalue weighted by molar-refractivity contribution is -0.136. The number of amides is 6. The van der Waals surface area contributed by atoms with Crippen molar-refractivity contribution in [3.63, 3.8) is 0 Å². The van der Waals surface area contributed by atoms with Gasteiger partial charge in [-0.1, -0.05) is 35.6 Å². The van der Waals surface area contributed by atoms with Crippen molar-refractivity contribution in [2.24, 2.45) is 0 Å². The molecule has 6 amide bonds. The van der Waals surface area contributed by atoms with E-state index in [9.17, 15) is 24.0 Å². The minimum absolute atomic E-state index is 0.00110. The lowest BCUT2D eigenvalue weighted by atomic mass is 9.91. The third kappa shape index (κ3) is 10.4. The largest absolute Gasteiger partial charge is 0.355 e. The Morgan fingerprint density at radius 2 is 1.70 bits per heavy atom. The number of halogens is 1. The predicted octanol–water partition coefficient (Wildman–Crippen LogP) is 5.36. The van der Waals surface area contributed by atoms with Gasteiger partial charge in [0.25, 0.3) is 11.8 Å². The van der Waals surface area contributed by atoms with E-state index < -0.39 is 11.9 Å². The van der Waals surface area contributed by atoms with E-state index in [4.69, 9.17) is 16.6 Å². The summed E-state index contributed by atoms with van der Waals surface area (Å²) in [5.41, 5.74) is 4.95. The van der Waals surface area contributed by atoms with Crippen molar-refractivity contribution in [2.75, 3.05) is 37.3 Å². The van der Waals surface area contributed by atoms with Gasteiger partial charge in [0.15, 0.2) is 5.82 Å². The topological polar surface area (TPSA) is 203 Å². The molecule has 0 radical (unpaired) electrons. The molecule has 2 aromatic heterocycles. The molecule has 2 aromatic carbocycles. The monoisotopic (exact) mass is 871 g/mol. The van der Waals surface area contributed by atoms with Gasteiger partial charge in [-0.2, -0.15) is 4.98 Å². The average Bonchev–Trinajstić information content (AvgIpc) is 3.62. The first-order chi connectivity index (χ1) is 30.6. The Hall–Kier alpha value is -6.57. The van der Waals surface area contributed by atoms with E-state index in [0.29, 0.717) is 77.8 Å². The van der Waals surface area contributed by atoms with Crippen LogP contribution in [0, 0.1) is 11.8 Å². The van der Waals surface area contributed by atoms with Gasteiger partial charge in [0, 0.05) is 80.9 Å². The SMILES string of the molecule is CNC(=O)c1ccccc1Nc1nc(Nc2ccc(C3CCN(C(=O)N[C@H]4CC[C@@H](NCCC#Cc5ccc6c(c5)CN(C5CCC(=O)NC5=O)C6=O)CC4)CC3)nc2)ncc1Cl. The highest BCUT2D eigenvalue weighted by Crippen LogP contribution is 2.31. The quantitative estimate of drug-likeness (QED) is 0.0644. The summed E-state index contributed by atoms with van der Waals surface area (Å²) in [6, 6.07) is 16.5. The second kappa shape index (κ2) is 19.6. The zero-order valence-corrected chi connectivity index (χ0v) is 35.8. The fourth-order valence-electron chi connectivity index (χ4n) is 8.66. The van der Waals surface area contributed by atoms with Crippen molar-refractivity contribution in [1.82, 2.24) is 46.0 Å². The fraction of sp³-hybridized carbons (Fsp3) is 0.391. The molecule has 326 valence electrons. The second-order valence-electron chi connectivity index (χ2n) is 16.3. The molecule has 5 heterocycles. The number of likely N-dealkylation sites (tertiary alicyclic amines) is 1. The first kappa shape index (κ1) is 43.1. The zero-order chi connectivity index (χ0) is 43.9. The van der Waals surface area contributed by atoms with Gasteiger partial charge in [0.05, 0.1) is 29.3 Å². The minimum Gasteiger partial charge on any atom is -0.355 e. The summed E-state index contributed by atoms with van der Waals surface area (Å²) in [6.45, 7) is 2.42. The number of piperidine rings is 2. The Balaban J connectivity index is 0.726. The van der Waals surface area contributed by atoms with Crippen molar-refractivity contribution in [3.05, 3.63) is 100.0 Å². The standard InChI is InChI=1S/C46H50ClN11O5/c1-48-42(60)35-7-2-3-8-38(35)54-41-36(47)26-51-45(56-41)52-33-14-16-37(50-25-33)29-19-22-57(23-20-29)46(63)53-32-12-10-31(11-13-32)49-21-5-4-6-28-9-15-34-30(24-28)27-58(44(34)62)39-17-18-40(59)55-43(39)61/h2-3,7-9,14-16,24-26,29,31-32,39,49H,5,10-13,17-23,27H2,1H3,(H,48,60)(H,53,63)(H,55,59,61)(H2,51,52,54,56)/t31-,32+,39?. The third-order valence-electron chi connectivity index (χ3n) is 12.1. The highest BCUT2D eigenvalue weighted by Gasteiger charge is 2.39. The third-order valence-corrected chi connectivity index (χ3v) is 12.4. The predicted molar refractivity (Wildman–Crippen MR) is 238 cm³/mol. The lowest BCUT2D eigenvalue weighted by Crippen LogP contribution is -2.52. The zero-order valence-electron chi connectivity index (χ0n) is 35.0. The minimum atomic E-state index is -0.632. The smallest absolute Gasteiger partial charge is 0.317 e. The number of imide groups is 1. The van der Waals surface area contributed by atoms with Crippen LogP contribution in [-0.2, 0) is 16.1 Å². The number of pyridine rings is 1. The Bertz CT molecular complexity index is 2440. The van der Waals surface area contributed by atoms with Crippen molar-refractivity contribution >= 4 is 64.4 Å². The van der Waals surface area contributed by atoms with E-state index in [2.05, 4.69) is 53.7 Å². The van der Waals surface area contributed by atoms with Gasteiger partial charge in [0.2, 0.25) is 17.8 Å². The Morgan fingerprint density at radius 1 is 0.905 bits per heavy atom. The molecule has 1 unspecified atom stereocenters. The van der Waals surface area contributed by atoms with E-state index in [0.717, 1.165) is 61.9 Å². The maximum absolute atomic E-state index is 13.2. The molecular weight excluding hydrogens is 822 g/mol. The van der Waals surface area contributed by atoms with Crippen molar-refractivity contribution in [3.8, 4) is 11.8 Å². The molecule has 4 aromatic rings. The van der Waals surface area contributed by atoms with Crippen LogP contribution in [0.1, 0.15) is 101 Å². The number of hydrogen-bond acceptors (Lipinski definition) is 11. The molecule has 3 aliphatic heterocycles. The van der Waals surface area contributed by atoms with Crippen LogP contribution in [0.3, 0.4) is 0 Å². The van der Waals surface area contributed by atoms with E-state index in [1.807, 2.05) is 35.2 Å². The van der Waals surface area contributed by atoms with Crippen LogP contribution in [-0.4, -0.2) is 99.2 Å². The first-order valence-corrected chi connectivity index (χ1v) is 21.9. The second-order valence-corrected chi connectivity index (χ2v) is 16.7. The van der Waals surface area contributed by atoms with Gasteiger partial charge < -0.3 is 36.4 Å². The summed E-state index contributed by atoms with van der Waals surface area (Å²) >= 11 is 6.40. The van der Waals surface area contributed by atoms with Crippen LogP contribution in [0.2, 0.25) is 5.02 Å². The number of anilines is 4. The number of hydrogen-bond donors (Lipinski definition) is 6. The van der Waals surface area contributed by atoms with Crippen LogP contribution in [0.5, 0.6) is 0 Å². The number of aromatic nitrogens is 3. The summed E-state index contributed by atoms with van der Waals surface area (Å²) in [6.07, 6.45) is 9.94. The Morgan fingerprint density at radius 3 is 2.46 bits per heavy atom. The molecule has 16 nitrogen and oxygen atoms in total. The normalized spacial score (nSPS) is 20.0. The Kier molecular flexibility index (Phi) is 13.4. The van der Waals surface area contributed by atoms with Gasteiger partial charge in [-0.15, -0.1) is 0 Å². The Labute approximate surface area is 370 Å². The highest BCUT2D eigenvalue weighted by atomic mass is 35.5. The molecule has 0 bridgehead atoms. The molecule has 8 rings (SSSR count). The molecular formula is C46H50ClN11O5. The molecule has 0 spiro atoms. The van der Waals surface area contributed by atoms with Crippen LogP contribution < -0.4 is 31.9 Å². The number of benzene rings is 2. The molecule has 1 aliphatic carbocycles. The lowest BCUT2D eigenvalue weighted by Gasteiger charge is -2.35. The van der Waals surface area contributed by atoms with E-state index in [-0.39, 0.29) is 42.1 Å². The van der Waals surface area contributed by atoms with Gasteiger partial charge in [-0.25, -0.2) is 9.78 Å². The number of para-hydroxylation sites is 1. The number of carbonyl (C=O) groups excluding carboxylic acids is 5. The highest BCUT2D eigenvalue weighted by molar-refractivity contribution is 6.33. The number of nitrogens with one attached hydrogen (secondary N) is 6. The molecule has 63 heavy (non-hydrogen) atoms. The van der Waals surface area contributed by atoms with Crippen LogP contribution in [0.25, 0.3) is 0 Å². The maximum Gasteiger partial charge on any atom is 0.317 e. The average molecular weight is 872 g/mol. The number of nitrogens with zero attached hydrogens (tertiary/aromatic N) is 5. The molecule has 1 saturated carbocycles. The number of carbonyl (C=O) groups is 5. The maximum atomic E-state index is 13.2. The molecule has 17 heteroatoms. The van der Waals surface area contributed by atoms with E-state index >= 15 is 0 Å². The molecule has 6 N–H and O–H groups in total. The molecule has 1 atom stereocenters. The first-order valence-electron chi connectivity index (χ1n) is 21.5. The van der Waals surface area contributed by atoms with Gasteiger partial charge in [-0.3, -0.25) is 29.5 Å². The fourth-order valence-corrected chi connectivity index (χ4v) is 8.80. The van der Waals surface area contributed by atoms with E-state index in [1.165, 1.54) is 6.20 Å². The van der Waals surface area contributed by atoms with Crippen LogP contribution in [0.4, 0.5) is 27.9 Å². The number of fused-ring (bicyclic) bond motifs is 1. The van der Waals surface area contributed by atoms with Gasteiger partial charge in [0.1, 0.15) is 11.1 Å². The van der Waals surface area contributed by atoms with Crippen molar-refractivity contribution in [1.29, 1.82) is 0 Å². The van der Waals surface area contributed by atoms with Crippen molar-refractivity contribution in [2.45, 2.75) is 88.4 Å². The molecule has 4 aliphatic rings. The van der Waals surface area contributed by atoms with Crippen molar-refractivity contribution < 1.29 is 24.0 Å². The van der Waals surface area contributed by atoms with Crippen LogP contribution >= 0.6 is 11.6 Å². The summed E-state index contributed by atoms with van der Waals surface area (Å²) < 4.78 is 0. The van der Waals surface area contributed by atoms with Gasteiger partial charge in [-0.05, 0) is 93.0 Å². The summed E-state index contributed by atoms with van der Waals surface area (Å²) in [5, 5.41) is 18.5.